The Morgan fingerprint density at radius 2 is 2.25 bits per heavy atom. The zero-order valence-corrected chi connectivity index (χ0v) is 10.2. The molecular formula is C11H14ClFN2O. The number of halogens is 2. The van der Waals surface area contributed by atoms with Gasteiger partial charge in [0.15, 0.2) is 5.82 Å². The largest absolute Gasteiger partial charge is 0.346 e. The summed E-state index contributed by atoms with van der Waals surface area (Å²) in [6.07, 6.45) is 2.38. The van der Waals surface area contributed by atoms with Gasteiger partial charge >= 0.3 is 0 Å². The summed E-state index contributed by atoms with van der Waals surface area (Å²) in [7, 11) is 0. The number of aromatic nitrogens is 1. The Kier molecular flexibility index (Phi) is 3.86. The third-order valence-corrected chi connectivity index (χ3v) is 2.99. The fourth-order valence-electron chi connectivity index (χ4n) is 1.02. The van der Waals surface area contributed by atoms with Crippen LogP contribution in [0.3, 0.4) is 0 Å². The van der Waals surface area contributed by atoms with Crippen molar-refractivity contribution in [3.63, 3.8) is 0 Å². The summed E-state index contributed by atoms with van der Waals surface area (Å²) in [6, 6.07) is 1.33. The summed E-state index contributed by atoms with van der Waals surface area (Å²) in [5.74, 6) is -1.13. The van der Waals surface area contributed by atoms with Crippen molar-refractivity contribution < 1.29 is 9.18 Å². The molecule has 1 amide bonds. The Hall–Kier alpha value is -1.16. The maximum atomic E-state index is 13.3. The number of carbonyl (C=O) groups is 1. The maximum Gasteiger partial charge on any atom is 0.254 e. The van der Waals surface area contributed by atoms with Crippen molar-refractivity contribution >= 4 is 17.5 Å². The van der Waals surface area contributed by atoms with E-state index in [2.05, 4.69) is 10.3 Å². The molecule has 0 spiro atoms. The van der Waals surface area contributed by atoms with Gasteiger partial charge in [0.1, 0.15) is 0 Å². The summed E-state index contributed by atoms with van der Waals surface area (Å²) < 4.78 is 13.3. The van der Waals surface area contributed by atoms with Crippen LogP contribution < -0.4 is 5.32 Å². The molecule has 0 saturated heterocycles. The number of carbonyl (C=O) groups excluding carboxylic acids is 1. The number of hydrogen-bond acceptors (Lipinski definition) is 2. The Morgan fingerprint density at radius 1 is 1.62 bits per heavy atom. The van der Waals surface area contributed by atoms with E-state index >= 15 is 0 Å². The number of rotatable bonds is 3. The zero-order chi connectivity index (χ0) is 12.3. The second-order valence-electron chi connectivity index (χ2n) is 4.15. The highest BCUT2D eigenvalue weighted by molar-refractivity contribution is 6.21. The highest BCUT2D eigenvalue weighted by atomic mass is 35.5. The van der Waals surface area contributed by atoms with E-state index < -0.39 is 17.3 Å². The molecule has 0 saturated carbocycles. The van der Waals surface area contributed by atoms with Gasteiger partial charge in [0.25, 0.3) is 5.91 Å². The molecule has 88 valence electrons. The third kappa shape index (κ3) is 2.92. The smallest absolute Gasteiger partial charge is 0.254 e. The molecule has 1 aromatic heterocycles. The predicted octanol–water partition coefficient (Wildman–Crippen LogP) is 2.36. The number of alkyl halides is 1. The summed E-state index contributed by atoms with van der Waals surface area (Å²) in [6.45, 7) is 5.33. The van der Waals surface area contributed by atoms with Crippen molar-refractivity contribution in [2.24, 2.45) is 0 Å². The molecule has 0 radical (unpaired) electrons. The van der Waals surface area contributed by atoms with Crippen LogP contribution in [0.4, 0.5) is 4.39 Å². The average Bonchev–Trinajstić information content (AvgIpc) is 2.17. The summed E-state index contributed by atoms with van der Waals surface area (Å²) in [4.78, 5) is 15.3. The fraction of sp³-hybridized carbons (Fsp3) is 0.455. The Balaban J connectivity index is 2.85. The van der Waals surface area contributed by atoms with E-state index in [4.69, 9.17) is 11.6 Å². The molecule has 1 N–H and O–H groups in total. The number of amides is 1. The number of pyridine rings is 1. The van der Waals surface area contributed by atoms with Crippen molar-refractivity contribution in [2.75, 3.05) is 0 Å². The Labute approximate surface area is 99.0 Å². The fourth-order valence-corrected chi connectivity index (χ4v) is 1.07. The minimum Gasteiger partial charge on any atom is -0.346 e. The number of nitrogens with zero attached hydrogens (tertiary/aromatic N) is 1. The minimum atomic E-state index is -0.641. The van der Waals surface area contributed by atoms with E-state index in [1.54, 1.807) is 20.8 Å². The summed E-state index contributed by atoms with van der Waals surface area (Å²) in [5.41, 5.74) is -0.630. The van der Waals surface area contributed by atoms with Crippen molar-refractivity contribution in [3.8, 4) is 0 Å². The second-order valence-corrected chi connectivity index (χ2v) is 4.80. The van der Waals surface area contributed by atoms with E-state index in [1.807, 2.05) is 0 Å². The Morgan fingerprint density at radius 3 is 2.75 bits per heavy atom. The van der Waals surface area contributed by atoms with Crippen molar-refractivity contribution in [3.05, 3.63) is 29.8 Å². The van der Waals surface area contributed by atoms with Gasteiger partial charge in [0.2, 0.25) is 0 Å². The van der Waals surface area contributed by atoms with Gasteiger partial charge in [-0.15, -0.1) is 11.6 Å². The first-order chi connectivity index (χ1) is 7.34. The van der Waals surface area contributed by atoms with E-state index in [0.717, 1.165) is 6.20 Å². The lowest BCUT2D eigenvalue weighted by Crippen LogP contribution is -2.49. The molecule has 1 atom stereocenters. The van der Waals surface area contributed by atoms with E-state index in [9.17, 15) is 9.18 Å². The molecule has 0 fully saturated rings. The normalized spacial score (nSPS) is 13.3. The molecule has 1 aromatic rings. The molecule has 16 heavy (non-hydrogen) atoms. The van der Waals surface area contributed by atoms with Gasteiger partial charge in [-0.05, 0) is 26.8 Å². The van der Waals surface area contributed by atoms with Gasteiger partial charge in [-0.1, -0.05) is 0 Å². The standard InChI is InChI=1S/C11H14ClFN2O/c1-7(12)11(2,3)15-10(16)8-4-5-14-6-9(8)13/h4-7H,1-3H3,(H,15,16). The Bertz CT molecular complexity index is 393. The van der Waals surface area contributed by atoms with Crippen LogP contribution >= 0.6 is 11.6 Å². The molecule has 0 aliphatic rings. The first-order valence-electron chi connectivity index (χ1n) is 4.90. The van der Waals surface area contributed by atoms with Crippen molar-refractivity contribution in [1.29, 1.82) is 0 Å². The van der Waals surface area contributed by atoms with Crippen LogP contribution in [-0.2, 0) is 0 Å². The SMILES string of the molecule is CC(Cl)C(C)(C)NC(=O)c1ccncc1F. The number of hydrogen-bond donors (Lipinski definition) is 1. The minimum absolute atomic E-state index is 0.0274. The van der Waals surface area contributed by atoms with E-state index in [-0.39, 0.29) is 10.9 Å². The van der Waals surface area contributed by atoms with E-state index in [0.29, 0.717) is 0 Å². The van der Waals surface area contributed by atoms with Gasteiger partial charge < -0.3 is 5.32 Å². The lowest BCUT2D eigenvalue weighted by molar-refractivity contribution is 0.0908. The van der Waals surface area contributed by atoms with Crippen LogP contribution in [-0.4, -0.2) is 21.8 Å². The average molecular weight is 245 g/mol. The third-order valence-electron chi connectivity index (χ3n) is 2.45. The van der Waals surface area contributed by atoms with Gasteiger partial charge in [0.05, 0.1) is 22.7 Å². The molecule has 1 rings (SSSR count). The quantitative estimate of drug-likeness (QED) is 0.830. The highest BCUT2D eigenvalue weighted by Crippen LogP contribution is 2.16. The molecule has 0 aliphatic carbocycles. The van der Waals surface area contributed by atoms with Crippen molar-refractivity contribution in [1.82, 2.24) is 10.3 Å². The summed E-state index contributed by atoms with van der Waals surface area (Å²) in [5, 5.41) is 2.41. The molecular weight excluding hydrogens is 231 g/mol. The van der Waals surface area contributed by atoms with Crippen LogP contribution in [0.1, 0.15) is 31.1 Å². The second kappa shape index (κ2) is 4.78. The lowest BCUT2D eigenvalue weighted by atomic mass is 10.0. The molecule has 5 heteroatoms. The maximum absolute atomic E-state index is 13.3. The molecule has 1 heterocycles. The molecule has 0 aromatic carbocycles. The van der Waals surface area contributed by atoms with E-state index in [1.165, 1.54) is 12.3 Å². The van der Waals surface area contributed by atoms with Crippen LogP contribution in [0.5, 0.6) is 0 Å². The van der Waals surface area contributed by atoms with Gasteiger partial charge in [0, 0.05) is 6.20 Å². The van der Waals surface area contributed by atoms with Crippen LogP contribution in [0.15, 0.2) is 18.5 Å². The van der Waals surface area contributed by atoms with Crippen molar-refractivity contribution in [2.45, 2.75) is 31.7 Å². The molecule has 3 nitrogen and oxygen atoms in total. The van der Waals surface area contributed by atoms with Gasteiger partial charge in [-0.25, -0.2) is 4.39 Å². The van der Waals surface area contributed by atoms with Crippen LogP contribution in [0, 0.1) is 5.82 Å². The topological polar surface area (TPSA) is 42.0 Å². The van der Waals surface area contributed by atoms with Crippen LogP contribution in [0.2, 0.25) is 0 Å². The number of nitrogens with one attached hydrogen (secondary N) is 1. The molecule has 1 unspecified atom stereocenters. The van der Waals surface area contributed by atoms with Crippen LogP contribution in [0.25, 0.3) is 0 Å². The molecule has 0 bridgehead atoms. The first kappa shape index (κ1) is 12.9. The highest BCUT2D eigenvalue weighted by Gasteiger charge is 2.27. The molecule has 0 aliphatic heterocycles. The van der Waals surface area contributed by atoms with Gasteiger partial charge in [-0.3, -0.25) is 9.78 Å². The first-order valence-corrected chi connectivity index (χ1v) is 5.34. The van der Waals surface area contributed by atoms with Gasteiger partial charge in [-0.2, -0.15) is 0 Å². The lowest BCUT2D eigenvalue weighted by Gasteiger charge is -2.28. The predicted molar refractivity (Wildman–Crippen MR) is 61.1 cm³/mol. The monoisotopic (exact) mass is 244 g/mol. The zero-order valence-electron chi connectivity index (χ0n) is 9.42. The summed E-state index contributed by atoms with van der Waals surface area (Å²) >= 11 is 5.92.